The second kappa shape index (κ2) is 34.0. The third-order valence-corrected chi connectivity index (χ3v) is 10.3. The van der Waals surface area contributed by atoms with E-state index in [0.29, 0.717) is 13.0 Å². The van der Waals surface area contributed by atoms with E-state index in [2.05, 4.69) is 74.6 Å². The summed E-state index contributed by atoms with van der Waals surface area (Å²) in [5.41, 5.74) is 0. The molecule has 0 saturated heterocycles. The maximum absolute atomic E-state index is 12.8. The molecule has 6 atom stereocenters. The Morgan fingerprint density at radius 3 is 1.61 bits per heavy atom. The topological polar surface area (TPSA) is 192 Å². The van der Waals surface area contributed by atoms with Crippen LogP contribution in [0.15, 0.2) is 60.8 Å². The highest BCUT2D eigenvalue weighted by molar-refractivity contribution is 7.47. The van der Waals surface area contributed by atoms with E-state index in [4.69, 9.17) is 18.5 Å². The smallest absolute Gasteiger partial charge is 0.457 e. The zero-order valence-electron chi connectivity index (χ0n) is 34.2. The molecule has 0 spiro atoms. The molecule has 1 fully saturated rings. The molecule has 1 aliphatic rings. The molecular formula is C43H75O12P. The fraction of sp³-hybridized carbons (Fsp3) is 0.744. The zero-order valence-corrected chi connectivity index (χ0v) is 35.1. The maximum atomic E-state index is 12.8. The van der Waals surface area contributed by atoms with Gasteiger partial charge in [0.05, 0.1) is 13.2 Å². The lowest BCUT2D eigenvalue weighted by atomic mass is 9.85. The molecule has 6 unspecified atom stereocenters. The summed E-state index contributed by atoms with van der Waals surface area (Å²) in [7, 11) is -5.02. The molecule has 13 heteroatoms. The van der Waals surface area contributed by atoms with Crippen LogP contribution < -0.4 is 0 Å². The highest BCUT2D eigenvalue weighted by Gasteiger charge is 2.51. The van der Waals surface area contributed by atoms with E-state index in [0.717, 1.165) is 116 Å². The van der Waals surface area contributed by atoms with Gasteiger partial charge in [0.15, 0.2) is 0 Å². The number of aliphatic hydroxyl groups is 5. The number of carbonyl (C=O) groups is 1. The van der Waals surface area contributed by atoms with Gasteiger partial charge in [0.2, 0.25) is 0 Å². The highest BCUT2D eigenvalue weighted by atomic mass is 31.2. The predicted octanol–water partition coefficient (Wildman–Crippen LogP) is 7.86. The van der Waals surface area contributed by atoms with Crippen LogP contribution in [0.5, 0.6) is 0 Å². The number of esters is 1. The molecular weight excluding hydrogens is 739 g/mol. The first-order valence-electron chi connectivity index (χ1n) is 21.1. The molecule has 6 N–H and O–H groups in total. The molecule has 324 valence electrons. The van der Waals surface area contributed by atoms with Crippen molar-refractivity contribution in [2.45, 2.75) is 185 Å². The summed E-state index contributed by atoms with van der Waals surface area (Å²) in [6.45, 7) is 4.01. The zero-order chi connectivity index (χ0) is 41.3. The molecule has 1 saturated carbocycles. The van der Waals surface area contributed by atoms with E-state index in [1.165, 1.54) is 0 Å². The van der Waals surface area contributed by atoms with Crippen LogP contribution in [0, 0.1) is 0 Å². The van der Waals surface area contributed by atoms with E-state index in [9.17, 15) is 39.8 Å². The second-order valence-electron chi connectivity index (χ2n) is 14.5. The van der Waals surface area contributed by atoms with Gasteiger partial charge in [0.25, 0.3) is 0 Å². The van der Waals surface area contributed by atoms with Gasteiger partial charge in [0, 0.05) is 13.0 Å². The van der Waals surface area contributed by atoms with Crippen molar-refractivity contribution in [3.05, 3.63) is 60.8 Å². The fourth-order valence-electron chi connectivity index (χ4n) is 5.99. The number of rotatable bonds is 34. The number of phosphoric ester groups is 1. The van der Waals surface area contributed by atoms with Gasteiger partial charge in [-0.1, -0.05) is 126 Å². The number of hydrogen-bond acceptors (Lipinski definition) is 11. The Labute approximate surface area is 337 Å². The van der Waals surface area contributed by atoms with Gasteiger partial charge in [0.1, 0.15) is 42.7 Å². The monoisotopic (exact) mass is 814 g/mol. The van der Waals surface area contributed by atoms with Crippen molar-refractivity contribution in [1.29, 1.82) is 0 Å². The van der Waals surface area contributed by atoms with Crippen LogP contribution in [0.1, 0.15) is 142 Å². The average Bonchev–Trinajstić information content (AvgIpc) is 3.18. The fourth-order valence-corrected chi connectivity index (χ4v) is 6.97. The lowest BCUT2D eigenvalue weighted by Crippen LogP contribution is -2.64. The normalized spacial score (nSPS) is 23.6. The number of allylic oxidation sites excluding steroid dienone is 10. The standard InChI is InChI=1S/C43H75O12P/c1-3-5-7-9-11-13-15-17-18-19-21-23-25-27-29-31-33-52-34-36(35-53-56(50,51)55-43-41(48)39(46)38(45)40(47)42(43)49)54-37(44)32-30-28-26-24-22-20-16-14-12-10-8-6-4-2/h5,7-8,10-11,13-14,16-18,36,38-43,45-49H,3-4,6,9,12,15,19-35H2,1-2H3,(H,50,51)/b7-5-,10-8-,13-11-,16-14-,18-17-. The van der Waals surface area contributed by atoms with Crippen LogP contribution in [0.3, 0.4) is 0 Å². The number of carbonyl (C=O) groups excluding carboxylic acids is 1. The third-order valence-electron chi connectivity index (χ3n) is 9.36. The van der Waals surface area contributed by atoms with Crippen molar-refractivity contribution in [3.8, 4) is 0 Å². The number of phosphoric acid groups is 1. The largest absolute Gasteiger partial charge is 0.472 e. The number of ether oxygens (including phenoxy) is 2. The molecule has 12 nitrogen and oxygen atoms in total. The van der Waals surface area contributed by atoms with Gasteiger partial charge in [-0.25, -0.2) is 4.57 Å². The van der Waals surface area contributed by atoms with Crippen LogP contribution >= 0.6 is 7.82 Å². The minimum Gasteiger partial charge on any atom is -0.457 e. The number of aliphatic hydroxyl groups excluding tert-OH is 5. The summed E-state index contributed by atoms with van der Waals surface area (Å²) in [6.07, 6.45) is 28.6. The first-order valence-corrected chi connectivity index (χ1v) is 22.6. The first kappa shape index (κ1) is 52.1. The van der Waals surface area contributed by atoms with Gasteiger partial charge in [-0.15, -0.1) is 0 Å². The van der Waals surface area contributed by atoms with E-state index in [1.54, 1.807) is 0 Å². The Kier molecular flexibility index (Phi) is 31.6. The molecule has 0 radical (unpaired) electrons. The van der Waals surface area contributed by atoms with Crippen molar-refractivity contribution >= 4 is 13.8 Å². The van der Waals surface area contributed by atoms with Gasteiger partial charge in [-0.3, -0.25) is 13.8 Å². The molecule has 1 rings (SSSR count). The van der Waals surface area contributed by atoms with Crippen molar-refractivity contribution < 1.29 is 58.3 Å². The molecule has 1 aliphatic carbocycles. The lowest BCUT2D eigenvalue weighted by molar-refractivity contribution is -0.220. The van der Waals surface area contributed by atoms with Crippen LogP contribution in [0.25, 0.3) is 0 Å². The van der Waals surface area contributed by atoms with E-state index < -0.39 is 63.1 Å². The predicted molar refractivity (Wildman–Crippen MR) is 221 cm³/mol. The average molecular weight is 815 g/mol. The maximum Gasteiger partial charge on any atom is 0.472 e. The van der Waals surface area contributed by atoms with E-state index >= 15 is 0 Å². The van der Waals surface area contributed by atoms with Crippen LogP contribution in [-0.4, -0.2) is 98.9 Å². The number of hydrogen-bond donors (Lipinski definition) is 6. The van der Waals surface area contributed by atoms with Crippen molar-refractivity contribution in [2.75, 3.05) is 19.8 Å². The van der Waals surface area contributed by atoms with Crippen molar-refractivity contribution in [3.63, 3.8) is 0 Å². The molecule has 0 aliphatic heterocycles. The molecule has 0 heterocycles. The SMILES string of the molecule is CC/C=C\C/C=C\C/C=C\CCCCCCCCOCC(COP(=O)(O)OC1C(O)C(O)C(O)C(O)C1O)OC(=O)CCCCCCC/C=C\C/C=C\CCC. The lowest BCUT2D eigenvalue weighted by Gasteiger charge is -2.41. The Morgan fingerprint density at radius 2 is 1.05 bits per heavy atom. The van der Waals surface area contributed by atoms with Crippen molar-refractivity contribution in [1.82, 2.24) is 0 Å². The van der Waals surface area contributed by atoms with E-state index in [-0.39, 0.29) is 13.0 Å². The summed E-state index contributed by atoms with van der Waals surface area (Å²) in [5.74, 6) is -0.501. The van der Waals surface area contributed by atoms with E-state index in [1.807, 2.05) is 0 Å². The summed E-state index contributed by atoms with van der Waals surface area (Å²) >= 11 is 0. The Hall–Kier alpha value is -1.96. The summed E-state index contributed by atoms with van der Waals surface area (Å²) in [5, 5.41) is 50.1. The van der Waals surface area contributed by atoms with Gasteiger partial charge < -0.3 is 39.9 Å². The summed E-state index contributed by atoms with van der Waals surface area (Å²) in [4.78, 5) is 23.1. The minimum atomic E-state index is -5.02. The number of unbranched alkanes of at least 4 members (excludes halogenated alkanes) is 12. The molecule has 56 heavy (non-hydrogen) atoms. The third kappa shape index (κ3) is 26.1. The Balaban J connectivity index is 2.46. The first-order chi connectivity index (χ1) is 27.0. The van der Waals surface area contributed by atoms with Gasteiger partial charge in [-0.2, -0.15) is 0 Å². The molecule has 0 aromatic carbocycles. The van der Waals surface area contributed by atoms with Gasteiger partial charge >= 0.3 is 13.8 Å². The van der Waals surface area contributed by atoms with Gasteiger partial charge in [-0.05, 0) is 70.6 Å². The van der Waals surface area contributed by atoms with Crippen LogP contribution in [-0.2, 0) is 27.9 Å². The molecule has 0 amide bonds. The Bertz CT molecular complexity index is 1160. The molecule has 0 aromatic heterocycles. The van der Waals surface area contributed by atoms with Crippen LogP contribution in [0.4, 0.5) is 0 Å². The quantitative estimate of drug-likeness (QED) is 0.0160. The molecule has 0 aromatic rings. The van der Waals surface area contributed by atoms with Crippen molar-refractivity contribution in [2.24, 2.45) is 0 Å². The highest BCUT2D eigenvalue weighted by Crippen LogP contribution is 2.47. The summed E-state index contributed by atoms with van der Waals surface area (Å²) < 4.78 is 34.0. The summed E-state index contributed by atoms with van der Waals surface area (Å²) in [6, 6.07) is 0. The second-order valence-corrected chi connectivity index (χ2v) is 15.9. The van der Waals surface area contributed by atoms with Crippen LogP contribution in [0.2, 0.25) is 0 Å². The molecule has 0 bridgehead atoms. The Morgan fingerprint density at radius 1 is 0.589 bits per heavy atom. The minimum absolute atomic E-state index is 0.0943.